The summed E-state index contributed by atoms with van der Waals surface area (Å²) in [7, 11) is 5.85. The van der Waals surface area contributed by atoms with Crippen LogP contribution in [0, 0.1) is 0 Å². The predicted octanol–water partition coefficient (Wildman–Crippen LogP) is -2.08. The molecule has 0 atom stereocenters. The van der Waals surface area contributed by atoms with E-state index in [4.69, 9.17) is 8.36 Å². The zero-order valence-corrected chi connectivity index (χ0v) is 19.0. The van der Waals surface area contributed by atoms with Gasteiger partial charge in [-0.05, 0) is 0 Å². The number of hydrogen-bond acceptors (Lipinski definition) is 3. The Balaban J connectivity index is 0.00000288. The van der Waals surface area contributed by atoms with E-state index in [1.807, 2.05) is 0 Å². The van der Waals surface area contributed by atoms with Gasteiger partial charge in [-0.25, -0.2) is 0 Å². The van der Waals surface area contributed by atoms with Gasteiger partial charge < -0.3 is 24.8 Å². The van der Waals surface area contributed by atoms with E-state index < -0.39 is 18.3 Å². The van der Waals surface area contributed by atoms with Crippen molar-refractivity contribution in [2.45, 2.75) is 30.9 Å². The van der Waals surface area contributed by atoms with Crippen LogP contribution in [0.2, 0.25) is 3.72 Å². The fourth-order valence-corrected chi connectivity index (χ4v) is 6.11. The first-order chi connectivity index (χ1) is 10.8. The second kappa shape index (κ2) is 10.9. The quantitative estimate of drug-likeness (QED) is 0.299. The summed E-state index contributed by atoms with van der Waals surface area (Å²) in [5.74, 6) is 0. The van der Waals surface area contributed by atoms with Gasteiger partial charge in [-0.3, -0.25) is 0 Å². The molecule has 6 heteroatoms. The Bertz CT molecular complexity index is 610. The first kappa shape index (κ1) is 24.9. The standard InChI is InChI=1S/C14H16N.C4H9.CH4O2.2ClH.Ti/c1-15(2)11-13-9-6-10-14(13)12-7-4-3-5-8-12;1-4(2)3;1-3-2;;;/h3-7,9H,10-11H2,1-2H3;1-3H3;2H,1H3;2*1H;/q;;;;;+3/p-3. The normalized spacial score (nSPS) is 13.7. The molecular formula is C19H28Cl2NO2Ti. The third kappa shape index (κ3) is 6.51. The maximum atomic E-state index is 5.82. The summed E-state index contributed by atoms with van der Waals surface area (Å²) in [4.78, 5) is 7.35. The second-order valence-corrected chi connectivity index (χ2v) is 11.7. The molecule has 0 radical (unpaired) electrons. The Morgan fingerprint density at radius 3 is 2.32 bits per heavy atom. The van der Waals surface area contributed by atoms with Crippen LogP contribution in [0.5, 0.6) is 0 Å². The maximum absolute atomic E-state index is 5.82. The van der Waals surface area contributed by atoms with Gasteiger partial charge in [0.25, 0.3) is 0 Å². The monoisotopic (exact) mass is 420 g/mol. The van der Waals surface area contributed by atoms with E-state index in [-0.39, 0.29) is 28.5 Å². The average Bonchev–Trinajstić information content (AvgIpc) is 2.90. The van der Waals surface area contributed by atoms with Gasteiger partial charge in [0.1, 0.15) is 0 Å². The second-order valence-electron chi connectivity index (χ2n) is 7.22. The molecule has 0 spiro atoms. The minimum absolute atomic E-state index is 0. The molecule has 1 aromatic rings. The predicted molar refractivity (Wildman–Crippen MR) is 93.1 cm³/mol. The van der Waals surface area contributed by atoms with Crippen LogP contribution in [-0.2, 0) is 26.6 Å². The van der Waals surface area contributed by atoms with Crippen molar-refractivity contribution in [3.63, 3.8) is 0 Å². The molecule has 1 aromatic carbocycles. The van der Waals surface area contributed by atoms with Crippen molar-refractivity contribution >= 4 is 9.44 Å². The molecule has 0 aliphatic heterocycles. The maximum Gasteiger partial charge on any atom is -1.00 e. The molecule has 0 unspecified atom stereocenters. The molecule has 3 nitrogen and oxygen atoms in total. The van der Waals surface area contributed by atoms with E-state index in [2.05, 4.69) is 76.2 Å². The van der Waals surface area contributed by atoms with Crippen LogP contribution in [-0.4, -0.2) is 32.6 Å². The summed E-state index contributed by atoms with van der Waals surface area (Å²) in [5.41, 5.74) is 4.19. The van der Waals surface area contributed by atoms with Crippen molar-refractivity contribution in [2.75, 3.05) is 27.7 Å². The number of hydrogen-bond donors (Lipinski definition) is 0. The summed E-state index contributed by atoms with van der Waals surface area (Å²) in [6.07, 6.45) is 5.53. The van der Waals surface area contributed by atoms with Gasteiger partial charge in [0.2, 0.25) is 0 Å². The third-order valence-corrected chi connectivity index (χ3v) is 7.95. The van der Waals surface area contributed by atoms with Crippen LogP contribution in [0.3, 0.4) is 0 Å². The number of halogens is 2. The molecule has 0 fully saturated rings. The van der Waals surface area contributed by atoms with Crippen molar-refractivity contribution in [3.05, 3.63) is 47.6 Å². The SMILES string of the molecule is CO[O][Ti+2]([c]1ccccc1C1=C(CN(C)C)C=CC1)[C](C)(C)C.[Cl-].[Cl-]. The Labute approximate surface area is 171 Å². The molecule has 0 heterocycles. The number of rotatable bonds is 6. The fourth-order valence-electron chi connectivity index (χ4n) is 2.92. The van der Waals surface area contributed by atoms with E-state index in [1.54, 1.807) is 7.11 Å². The van der Waals surface area contributed by atoms with Crippen LogP contribution < -0.4 is 28.7 Å². The molecule has 1 aliphatic carbocycles. The summed E-state index contributed by atoms with van der Waals surface area (Å²) in [6, 6.07) is 8.71. The molecule has 2 rings (SSSR count). The van der Waals surface area contributed by atoms with Crippen LogP contribution in [0.25, 0.3) is 5.57 Å². The summed E-state index contributed by atoms with van der Waals surface area (Å²) < 4.78 is 7.29. The fraction of sp³-hybridized carbons (Fsp3) is 0.474. The van der Waals surface area contributed by atoms with Gasteiger partial charge in [-0.2, -0.15) is 0 Å². The largest absolute Gasteiger partial charge is 1.00 e. The number of nitrogens with zero attached hydrogens (tertiary/aromatic N) is 1. The minimum atomic E-state index is -2.06. The summed E-state index contributed by atoms with van der Waals surface area (Å²) in [6.45, 7) is 7.72. The molecule has 0 saturated heterocycles. The average molecular weight is 421 g/mol. The topological polar surface area (TPSA) is 21.7 Å². The van der Waals surface area contributed by atoms with Crippen LogP contribution >= 0.6 is 0 Å². The smallest absolute Gasteiger partial charge is 1.00 e. The van der Waals surface area contributed by atoms with Crippen molar-refractivity contribution < 1.29 is 51.4 Å². The number of allylic oxidation sites excluding steroid dienone is 2. The number of likely N-dealkylation sites (N-methyl/N-ethyl adjacent to an activating group) is 1. The molecule has 139 valence electrons. The van der Waals surface area contributed by atoms with Gasteiger partial charge in [0, 0.05) is 0 Å². The molecule has 0 N–H and O–H groups in total. The van der Waals surface area contributed by atoms with E-state index in [9.17, 15) is 0 Å². The number of benzene rings is 1. The molecule has 1 aliphatic rings. The van der Waals surface area contributed by atoms with E-state index in [0.29, 0.717) is 0 Å². The zero-order chi connectivity index (χ0) is 17.0. The van der Waals surface area contributed by atoms with Crippen molar-refractivity contribution in [3.8, 4) is 0 Å². The Kier molecular flexibility index (Phi) is 10.8. The summed E-state index contributed by atoms with van der Waals surface area (Å²) >= 11 is -2.06. The third-order valence-electron chi connectivity index (χ3n) is 3.86. The van der Waals surface area contributed by atoms with Gasteiger partial charge >= 0.3 is 147 Å². The molecule has 0 amide bonds. The van der Waals surface area contributed by atoms with E-state index in [1.165, 1.54) is 20.6 Å². The molecule has 0 bridgehead atoms. The van der Waals surface area contributed by atoms with Gasteiger partial charge in [0.05, 0.1) is 0 Å². The Morgan fingerprint density at radius 2 is 1.76 bits per heavy atom. The van der Waals surface area contributed by atoms with E-state index in [0.717, 1.165) is 13.0 Å². The van der Waals surface area contributed by atoms with Crippen molar-refractivity contribution in [2.24, 2.45) is 0 Å². The van der Waals surface area contributed by atoms with Crippen LogP contribution in [0.4, 0.5) is 0 Å². The van der Waals surface area contributed by atoms with Gasteiger partial charge in [-0.15, -0.1) is 0 Å². The van der Waals surface area contributed by atoms with Crippen molar-refractivity contribution in [1.29, 1.82) is 0 Å². The first-order valence-electron chi connectivity index (χ1n) is 8.05. The first-order valence-corrected chi connectivity index (χ1v) is 10.3. The van der Waals surface area contributed by atoms with Crippen LogP contribution in [0.15, 0.2) is 42.0 Å². The Hall–Kier alpha value is -0.126. The van der Waals surface area contributed by atoms with Gasteiger partial charge in [0.15, 0.2) is 0 Å². The molecule has 25 heavy (non-hydrogen) atoms. The van der Waals surface area contributed by atoms with Crippen LogP contribution in [0.1, 0.15) is 32.8 Å². The summed E-state index contributed by atoms with van der Waals surface area (Å²) in [5, 5.41) is 0. The molecular weight excluding hydrogens is 393 g/mol. The molecule has 0 saturated carbocycles. The molecule has 0 aromatic heterocycles. The minimum Gasteiger partial charge on any atom is -1.00 e. The zero-order valence-electron chi connectivity index (χ0n) is 15.9. The van der Waals surface area contributed by atoms with Crippen molar-refractivity contribution in [1.82, 2.24) is 4.90 Å². The Morgan fingerprint density at radius 1 is 1.12 bits per heavy atom. The van der Waals surface area contributed by atoms with E-state index >= 15 is 0 Å². The van der Waals surface area contributed by atoms with Gasteiger partial charge in [-0.1, -0.05) is 0 Å².